The van der Waals surface area contributed by atoms with Crippen molar-refractivity contribution in [2.75, 3.05) is 11.1 Å². The number of rotatable bonds is 3. The van der Waals surface area contributed by atoms with Crippen molar-refractivity contribution in [3.05, 3.63) is 71.8 Å². The maximum atomic E-state index is 12.4. The number of amides is 1. The van der Waals surface area contributed by atoms with Gasteiger partial charge in [0, 0.05) is 4.90 Å². The molecule has 0 unspecified atom stereocenters. The van der Waals surface area contributed by atoms with E-state index in [4.69, 9.17) is 4.74 Å². The van der Waals surface area contributed by atoms with Gasteiger partial charge in [-0.2, -0.15) is 0 Å². The third kappa shape index (κ3) is 3.23. The van der Waals surface area contributed by atoms with Crippen LogP contribution in [-0.2, 0) is 16.1 Å². The predicted octanol–water partition coefficient (Wildman–Crippen LogP) is 4.24. The zero-order valence-electron chi connectivity index (χ0n) is 13.3. The molecule has 124 valence electrons. The summed E-state index contributed by atoms with van der Waals surface area (Å²) in [6.45, 7) is 0.207. The fourth-order valence-electron chi connectivity index (χ4n) is 2.86. The van der Waals surface area contributed by atoms with Gasteiger partial charge in [0.25, 0.3) is 0 Å². The third-order valence-corrected chi connectivity index (χ3v) is 5.16. The van der Waals surface area contributed by atoms with E-state index in [2.05, 4.69) is 5.32 Å². The Morgan fingerprint density at radius 3 is 2.84 bits per heavy atom. The molecule has 5 heteroatoms. The molecule has 25 heavy (non-hydrogen) atoms. The fraction of sp³-hybridized carbons (Fsp3) is 0.100. The highest BCUT2D eigenvalue weighted by molar-refractivity contribution is 8.00. The van der Waals surface area contributed by atoms with Gasteiger partial charge >= 0.3 is 5.97 Å². The van der Waals surface area contributed by atoms with Crippen LogP contribution in [0.3, 0.4) is 0 Å². The van der Waals surface area contributed by atoms with Gasteiger partial charge in [-0.25, -0.2) is 4.79 Å². The average molecular weight is 349 g/mol. The molecule has 3 aromatic carbocycles. The van der Waals surface area contributed by atoms with Crippen LogP contribution in [0.5, 0.6) is 0 Å². The highest BCUT2D eigenvalue weighted by atomic mass is 32.2. The minimum atomic E-state index is -0.402. The predicted molar refractivity (Wildman–Crippen MR) is 98.9 cm³/mol. The highest BCUT2D eigenvalue weighted by Crippen LogP contribution is 2.32. The van der Waals surface area contributed by atoms with Gasteiger partial charge in [0.05, 0.1) is 17.0 Å². The lowest BCUT2D eigenvalue weighted by atomic mass is 10.1. The van der Waals surface area contributed by atoms with Crippen molar-refractivity contribution in [1.29, 1.82) is 0 Å². The molecule has 0 bridgehead atoms. The summed E-state index contributed by atoms with van der Waals surface area (Å²) < 4.78 is 5.48. The monoisotopic (exact) mass is 349 g/mol. The van der Waals surface area contributed by atoms with E-state index in [0.29, 0.717) is 17.0 Å². The number of carbonyl (C=O) groups excluding carboxylic acids is 2. The number of thioether (sulfide) groups is 1. The number of hydrogen-bond acceptors (Lipinski definition) is 4. The normalized spacial score (nSPS) is 13.2. The van der Waals surface area contributed by atoms with Crippen LogP contribution < -0.4 is 5.32 Å². The molecule has 3 aromatic rings. The topological polar surface area (TPSA) is 55.4 Å². The minimum absolute atomic E-state index is 0.0567. The summed E-state index contributed by atoms with van der Waals surface area (Å²) in [5.41, 5.74) is 2.07. The Bertz CT molecular complexity index is 978. The Kier molecular flexibility index (Phi) is 4.15. The lowest BCUT2D eigenvalue weighted by Gasteiger charge is -2.16. The number of ether oxygens (including phenoxy) is 1. The lowest BCUT2D eigenvalue weighted by Crippen LogP contribution is -2.19. The number of nitrogens with one attached hydrogen (secondary N) is 1. The zero-order valence-corrected chi connectivity index (χ0v) is 14.1. The standard InChI is InChI=1S/C20H15NO3S/c22-19-12-25-18-9-8-14(10-17(18)21-19)20(23)24-11-15-6-3-5-13-4-1-2-7-16(13)15/h1-10H,11-12H2,(H,21,22). The quantitative estimate of drug-likeness (QED) is 0.719. The molecule has 0 saturated carbocycles. The van der Waals surface area contributed by atoms with E-state index in [1.165, 1.54) is 11.8 Å². The second kappa shape index (κ2) is 6.61. The van der Waals surface area contributed by atoms with Gasteiger partial charge in [0.2, 0.25) is 5.91 Å². The molecule has 0 aromatic heterocycles. The van der Waals surface area contributed by atoms with Gasteiger partial charge < -0.3 is 10.1 Å². The number of anilines is 1. The molecular weight excluding hydrogens is 334 g/mol. The number of esters is 1. The molecule has 1 heterocycles. The van der Waals surface area contributed by atoms with Gasteiger partial charge in [-0.3, -0.25) is 4.79 Å². The first-order valence-electron chi connectivity index (χ1n) is 7.91. The molecule has 1 amide bonds. The molecule has 0 saturated heterocycles. The maximum Gasteiger partial charge on any atom is 0.338 e. The van der Waals surface area contributed by atoms with Crippen molar-refractivity contribution in [2.24, 2.45) is 0 Å². The van der Waals surface area contributed by atoms with Crippen molar-refractivity contribution < 1.29 is 14.3 Å². The summed E-state index contributed by atoms with van der Waals surface area (Å²) in [4.78, 5) is 24.8. The lowest BCUT2D eigenvalue weighted by molar-refractivity contribution is -0.113. The summed E-state index contributed by atoms with van der Waals surface area (Å²) >= 11 is 1.46. The van der Waals surface area contributed by atoms with Gasteiger partial charge in [0.1, 0.15) is 6.61 Å². The van der Waals surface area contributed by atoms with Crippen molar-refractivity contribution in [1.82, 2.24) is 0 Å². The van der Waals surface area contributed by atoms with E-state index in [9.17, 15) is 9.59 Å². The number of carbonyl (C=O) groups is 2. The summed E-state index contributed by atoms with van der Waals surface area (Å²) in [5.74, 6) is -0.0583. The summed E-state index contributed by atoms with van der Waals surface area (Å²) in [7, 11) is 0. The van der Waals surface area contributed by atoms with Gasteiger partial charge in [-0.05, 0) is 34.5 Å². The first-order valence-corrected chi connectivity index (χ1v) is 8.90. The second-order valence-electron chi connectivity index (χ2n) is 5.76. The molecule has 1 N–H and O–H groups in total. The zero-order chi connectivity index (χ0) is 17.2. The SMILES string of the molecule is O=C1CSc2ccc(C(=O)OCc3cccc4ccccc34)cc2N1. The first kappa shape index (κ1) is 15.7. The Balaban J connectivity index is 1.52. The highest BCUT2D eigenvalue weighted by Gasteiger charge is 2.18. The van der Waals surface area contributed by atoms with E-state index < -0.39 is 5.97 Å². The largest absolute Gasteiger partial charge is 0.457 e. The minimum Gasteiger partial charge on any atom is -0.457 e. The molecule has 0 aliphatic carbocycles. The number of benzene rings is 3. The molecule has 4 rings (SSSR count). The number of fused-ring (bicyclic) bond motifs is 2. The van der Waals surface area contributed by atoms with Crippen LogP contribution in [0, 0.1) is 0 Å². The van der Waals surface area contributed by atoms with Crippen LogP contribution in [0.4, 0.5) is 5.69 Å². The second-order valence-corrected chi connectivity index (χ2v) is 6.78. The molecule has 0 radical (unpaired) electrons. The molecule has 0 spiro atoms. The third-order valence-electron chi connectivity index (χ3n) is 4.09. The maximum absolute atomic E-state index is 12.4. The summed E-state index contributed by atoms with van der Waals surface area (Å²) in [6, 6.07) is 19.2. The van der Waals surface area contributed by atoms with E-state index in [-0.39, 0.29) is 12.5 Å². The van der Waals surface area contributed by atoms with Crippen LogP contribution in [0.1, 0.15) is 15.9 Å². The summed E-state index contributed by atoms with van der Waals surface area (Å²) in [6.07, 6.45) is 0. The van der Waals surface area contributed by atoms with Gasteiger partial charge in [-0.1, -0.05) is 42.5 Å². The van der Waals surface area contributed by atoms with Gasteiger partial charge in [-0.15, -0.1) is 11.8 Å². The Labute approximate surface area is 149 Å². The van der Waals surface area contributed by atoms with Crippen LogP contribution in [0.2, 0.25) is 0 Å². The first-order chi connectivity index (χ1) is 12.2. The Hall–Kier alpha value is -2.79. The summed E-state index contributed by atoms with van der Waals surface area (Å²) in [5, 5.41) is 4.98. The molecule has 0 fully saturated rings. The van der Waals surface area contributed by atoms with Crippen LogP contribution >= 0.6 is 11.8 Å². The van der Waals surface area contributed by atoms with E-state index in [1.807, 2.05) is 48.5 Å². The Morgan fingerprint density at radius 1 is 1.08 bits per heavy atom. The van der Waals surface area contributed by atoms with Crippen molar-refractivity contribution >= 4 is 40.1 Å². The Morgan fingerprint density at radius 2 is 1.92 bits per heavy atom. The van der Waals surface area contributed by atoms with Crippen molar-refractivity contribution in [3.63, 3.8) is 0 Å². The molecular formula is C20H15NO3S. The average Bonchev–Trinajstić information content (AvgIpc) is 2.65. The smallest absolute Gasteiger partial charge is 0.338 e. The van der Waals surface area contributed by atoms with E-state index in [0.717, 1.165) is 21.2 Å². The molecule has 1 aliphatic heterocycles. The van der Waals surface area contributed by atoms with Crippen LogP contribution in [0.15, 0.2) is 65.6 Å². The van der Waals surface area contributed by atoms with E-state index >= 15 is 0 Å². The van der Waals surface area contributed by atoms with Crippen molar-refractivity contribution in [3.8, 4) is 0 Å². The number of hydrogen-bond donors (Lipinski definition) is 1. The van der Waals surface area contributed by atoms with E-state index in [1.54, 1.807) is 12.1 Å². The molecule has 4 nitrogen and oxygen atoms in total. The molecule has 0 atom stereocenters. The van der Waals surface area contributed by atoms with Gasteiger partial charge in [0.15, 0.2) is 0 Å². The van der Waals surface area contributed by atoms with Crippen molar-refractivity contribution in [2.45, 2.75) is 11.5 Å². The van der Waals surface area contributed by atoms with Crippen LogP contribution in [-0.4, -0.2) is 17.6 Å². The fourth-order valence-corrected chi connectivity index (χ4v) is 3.64. The van der Waals surface area contributed by atoms with Crippen LogP contribution in [0.25, 0.3) is 10.8 Å². The molecule has 1 aliphatic rings.